The largest absolute Gasteiger partial charge is 0.443 e. The van der Waals surface area contributed by atoms with Gasteiger partial charge in [-0.2, -0.15) is 18.3 Å². The van der Waals surface area contributed by atoms with Gasteiger partial charge < -0.3 is 0 Å². The van der Waals surface area contributed by atoms with Crippen molar-refractivity contribution in [2.45, 2.75) is 31.9 Å². The number of rotatable bonds is 4. The summed E-state index contributed by atoms with van der Waals surface area (Å²) in [5, 5.41) is 7.11. The van der Waals surface area contributed by atoms with Crippen LogP contribution in [0.3, 0.4) is 0 Å². The van der Waals surface area contributed by atoms with E-state index in [1.165, 1.54) is 0 Å². The summed E-state index contributed by atoms with van der Waals surface area (Å²) in [6, 6.07) is 0.779. The molecule has 1 aliphatic carbocycles. The highest BCUT2D eigenvalue weighted by atomic mass is 35.5. The van der Waals surface area contributed by atoms with Crippen LogP contribution in [0.25, 0.3) is 0 Å². The van der Waals surface area contributed by atoms with Gasteiger partial charge in [-0.3, -0.25) is 9.20 Å². The second kappa shape index (κ2) is 6.51. The summed E-state index contributed by atoms with van der Waals surface area (Å²) >= 11 is 5.96. The van der Waals surface area contributed by atoms with Crippen molar-refractivity contribution in [2.24, 2.45) is 0 Å². The smallest absolute Gasteiger partial charge is 0.296 e. The number of nitrogens with zero attached hydrogens (tertiary/aromatic N) is 4. The van der Waals surface area contributed by atoms with E-state index in [2.05, 4.69) is 14.8 Å². The number of aromatic nitrogens is 4. The van der Waals surface area contributed by atoms with Crippen LogP contribution in [0.4, 0.5) is 17.6 Å². The molecule has 134 valence electrons. The molecule has 0 aliphatic heterocycles. The fourth-order valence-corrected chi connectivity index (χ4v) is 2.63. The third kappa shape index (κ3) is 3.68. The number of halogens is 5. The summed E-state index contributed by atoms with van der Waals surface area (Å²) in [6.45, 7) is -0.356. The second-order valence-electron chi connectivity index (χ2n) is 5.33. The molecule has 0 spiro atoms. The summed E-state index contributed by atoms with van der Waals surface area (Å²) in [5.41, 5.74) is -0.867. The highest BCUT2D eigenvalue weighted by Crippen LogP contribution is 2.28. The van der Waals surface area contributed by atoms with Gasteiger partial charge in [0.15, 0.2) is 11.5 Å². The van der Waals surface area contributed by atoms with Crippen LogP contribution in [0.15, 0.2) is 44.3 Å². The molecule has 1 unspecified atom stereocenters. The van der Waals surface area contributed by atoms with E-state index in [4.69, 9.17) is 11.6 Å². The molecule has 1 atom stereocenters. The Balaban J connectivity index is 1.86. The lowest BCUT2D eigenvalue weighted by molar-refractivity contribution is -0.141. The molecule has 1 aliphatic rings. The van der Waals surface area contributed by atoms with Crippen molar-refractivity contribution in [3.8, 4) is 0 Å². The monoisotopic (exact) mass is 378 g/mol. The lowest BCUT2D eigenvalue weighted by Crippen LogP contribution is -2.23. The predicted octanol–water partition coefficient (Wildman–Crippen LogP) is 2.89. The summed E-state index contributed by atoms with van der Waals surface area (Å²) in [6.07, 6.45) is -1.71. The van der Waals surface area contributed by atoms with Gasteiger partial charge in [-0.1, -0.05) is 22.8 Å². The first-order valence-corrected chi connectivity index (χ1v) is 7.48. The van der Waals surface area contributed by atoms with Gasteiger partial charge >= 0.3 is 11.9 Å². The van der Waals surface area contributed by atoms with Crippen LogP contribution in [0.5, 0.6) is 0 Å². The van der Waals surface area contributed by atoms with E-state index < -0.39 is 23.8 Å². The van der Waals surface area contributed by atoms with Crippen molar-refractivity contribution >= 4 is 11.6 Å². The molecule has 2 aromatic rings. The minimum absolute atomic E-state index is 0.0418. The molecule has 6 nitrogen and oxygen atoms in total. The van der Waals surface area contributed by atoms with Crippen molar-refractivity contribution in [3.05, 3.63) is 57.1 Å². The molecule has 0 aromatic carbocycles. The average Bonchev–Trinajstić information content (AvgIpc) is 3.12. The summed E-state index contributed by atoms with van der Waals surface area (Å²) in [4.78, 5) is 11.8. The molecular formula is C14H11ClF4N4O2. The van der Waals surface area contributed by atoms with E-state index in [0.29, 0.717) is 0 Å². The number of hydrogen-bond acceptors (Lipinski definition) is 4. The lowest BCUT2D eigenvalue weighted by atomic mass is 9.99. The first-order valence-electron chi connectivity index (χ1n) is 7.11. The molecule has 0 saturated heterocycles. The Morgan fingerprint density at radius 3 is 2.80 bits per heavy atom. The maximum atomic E-state index is 14.0. The van der Waals surface area contributed by atoms with E-state index >= 15 is 0 Å². The molecule has 25 heavy (non-hydrogen) atoms. The van der Waals surface area contributed by atoms with E-state index in [0.717, 1.165) is 21.5 Å². The Kier molecular flexibility index (Phi) is 4.55. The molecule has 0 amide bonds. The molecule has 0 N–H and O–H groups in total. The van der Waals surface area contributed by atoms with Crippen molar-refractivity contribution in [3.63, 3.8) is 0 Å². The highest BCUT2D eigenvalue weighted by Gasteiger charge is 2.33. The summed E-state index contributed by atoms with van der Waals surface area (Å²) in [7, 11) is 0. The van der Waals surface area contributed by atoms with Crippen molar-refractivity contribution < 1.29 is 22.1 Å². The van der Waals surface area contributed by atoms with Crippen LogP contribution in [-0.2, 0) is 19.3 Å². The zero-order chi connectivity index (χ0) is 18.2. The van der Waals surface area contributed by atoms with E-state index in [-0.39, 0.29) is 35.9 Å². The fraction of sp³-hybridized carbons (Fsp3) is 0.357. The molecule has 0 radical (unpaired) electrons. The third-order valence-electron chi connectivity index (χ3n) is 3.62. The van der Waals surface area contributed by atoms with Crippen molar-refractivity contribution in [1.82, 2.24) is 19.5 Å². The van der Waals surface area contributed by atoms with Gasteiger partial charge in [0, 0.05) is 24.1 Å². The lowest BCUT2D eigenvalue weighted by Gasteiger charge is -2.16. The van der Waals surface area contributed by atoms with Crippen LogP contribution in [0.1, 0.15) is 17.9 Å². The van der Waals surface area contributed by atoms with E-state index in [1.807, 2.05) is 0 Å². The van der Waals surface area contributed by atoms with Crippen molar-refractivity contribution in [1.29, 1.82) is 0 Å². The van der Waals surface area contributed by atoms with Gasteiger partial charge in [0.2, 0.25) is 0 Å². The van der Waals surface area contributed by atoms with Crippen LogP contribution in [0, 0.1) is 0 Å². The Morgan fingerprint density at radius 2 is 2.16 bits per heavy atom. The zero-order valence-corrected chi connectivity index (χ0v) is 13.3. The van der Waals surface area contributed by atoms with E-state index in [9.17, 15) is 22.4 Å². The fourth-order valence-electron chi connectivity index (χ4n) is 2.35. The minimum Gasteiger partial charge on any atom is -0.296 e. The van der Waals surface area contributed by atoms with Gasteiger partial charge in [0.05, 0.1) is 0 Å². The zero-order valence-electron chi connectivity index (χ0n) is 12.5. The standard InChI is InChI=1S/C14H11ClF4N4O2/c15-9-2-1-3-10(16)8(9)6-12-21-25-13(24)23(12)7-22-5-4-11(20-22)14(17,18)19/h1-2,4-5,10H,3,6-7H2. The molecule has 2 heterocycles. The highest BCUT2D eigenvalue weighted by molar-refractivity contribution is 6.31. The normalized spacial score (nSPS) is 18.2. The topological polar surface area (TPSA) is 65.8 Å². The number of allylic oxidation sites excluding steroid dienone is 4. The third-order valence-corrected chi connectivity index (χ3v) is 3.99. The average molecular weight is 379 g/mol. The molecule has 0 fully saturated rings. The maximum absolute atomic E-state index is 14.0. The van der Waals surface area contributed by atoms with Crippen LogP contribution in [-0.4, -0.2) is 25.7 Å². The molecule has 11 heteroatoms. The molecule has 0 bridgehead atoms. The second-order valence-corrected chi connectivity index (χ2v) is 5.74. The molecule has 3 rings (SSSR count). The van der Waals surface area contributed by atoms with Crippen LogP contribution < -0.4 is 5.76 Å². The van der Waals surface area contributed by atoms with Crippen molar-refractivity contribution in [2.75, 3.05) is 0 Å². The van der Waals surface area contributed by atoms with Gasteiger partial charge in [-0.15, -0.1) is 0 Å². The number of alkyl halides is 4. The molecule has 2 aromatic heterocycles. The predicted molar refractivity (Wildman–Crippen MR) is 78.6 cm³/mol. The Labute approximate surface area is 143 Å². The van der Waals surface area contributed by atoms with E-state index in [1.54, 1.807) is 12.2 Å². The first-order chi connectivity index (χ1) is 11.8. The number of hydrogen-bond donors (Lipinski definition) is 0. The Bertz CT molecular complexity index is 893. The minimum atomic E-state index is -4.60. The van der Waals surface area contributed by atoms with Gasteiger partial charge in [-0.25, -0.2) is 13.8 Å². The Morgan fingerprint density at radius 1 is 1.40 bits per heavy atom. The maximum Gasteiger partial charge on any atom is 0.443 e. The SMILES string of the molecule is O=c1onc(CC2=C(Cl)C=CCC2F)n1Cn1ccc(C(F)(F)F)n1. The summed E-state index contributed by atoms with van der Waals surface area (Å²) < 4.78 is 58.2. The molecule has 0 saturated carbocycles. The van der Waals surface area contributed by atoms with Crippen LogP contribution in [0.2, 0.25) is 0 Å². The van der Waals surface area contributed by atoms with Crippen LogP contribution >= 0.6 is 11.6 Å². The molecular weight excluding hydrogens is 368 g/mol. The quantitative estimate of drug-likeness (QED) is 0.767. The first kappa shape index (κ1) is 17.5. The summed E-state index contributed by atoms with van der Waals surface area (Å²) in [5.74, 6) is -0.849. The van der Waals surface area contributed by atoms with Gasteiger partial charge in [0.25, 0.3) is 0 Å². The Hall–Kier alpha value is -2.36. The van der Waals surface area contributed by atoms with Gasteiger partial charge in [-0.05, 0) is 17.7 Å². The van der Waals surface area contributed by atoms with Gasteiger partial charge in [0.1, 0.15) is 12.8 Å².